The smallest absolute Gasteiger partial charge is 0.247 e. The molecule has 2 amide bonds. The molecule has 2 aliphatic heterocycles. The van der Waals surface area contributed by atoms with Gasteiger partial charge in [0.15, 0.2) is 9.84 Å². The Labute approximate surface area is 236 Å². The van der Waals surface area contributed by atoms with Gasteiger partial charge in [-0.2, -0.15) is 4.68 Å². The van der Waals surface area contributed by atoms with E-state index in [-0.39, 0.29) is 22.8 Å². The summed E-state index contributed by atoms with van der Waals surface area (Å²) in [4.78, 5) is 30.9. The summed E-state index contributed by atoms with van der Waals surface area (Å²) in [5.74, 6) is -0.673. The maximum absolute atomic E-state index is 13.5. The van der Waals surface area contributed by atoms with Gasteiger partial charge >= 0.3 is 0 Å². The Morgan fingerprint density at radius 2 is 1.88 bits per heavy atom. The molecule has 14 heteroatoms. The van der Waals surface area contributed by atoms with Crippen LogP contribution in [-0.4, -0.2) is 101 Å². The van der Waals surface area contributed by atoms with Gasteiger partial charge in [-0.05, 0) is 65.4 Å². The molecule has 3 heterocycles. The van der Waals surface area contributed by atoms with E-state index in [1.54, 1.807) is 29.2 Å². The molecule has 210 valence electrons. The summed E-state index contributed by atoms with van der Waals surface area (Å²) in [6, 6.07) is 10.4. The molecule has 0 radical (unpaired) electrons. The number of ether oxygens (including phenoxy) is 1. The topological polar surface area (TPSA) is 140 Å². The van der Waals surface area contributed by atoms with Crippen LogP contribution >= 0.6 is 11.6 Å². The van der Waals surface area contributed by atoms with Crippen LogP contribution in [0.2, 0.25) is 5.02 Å². The second-order valence-electron chi connectivity index (χ2n) is 9.62. The Morgan fingerprint density at radius 3 is 2.55 bits per heavy atom. The predicted molar refractivity (Wildman–Crippen MR) is 148 cm³/mol. The number of aromatic nitrogens is 4. The van der Waals surface area contributed by atoms with Crippen LogP contribution in [0.3, 0.4) is 0 Å². The molecular weight excluding hydrogens is 558 g/mol. The van der Waals surface area contributed by atoms with Crippen molar-refractivity contribution in [3.05, 3.63) is 65.5 Å². The largest absolute Gasteiger partial charge is 0.379 e. The Balaban J connectivity index is 1.37. The molecule has 0 aliphatic carbocycles. The highest BCUT2D eigenvalue weighted by Gasteiger charge is 2.41. The molecular formula is C26H28ClN7O5S. The first-order valence-electron chi connectivity index (χ1n) is 12.6. The van der Waals surface area contributed by atoms with Gasteiger partial charge in [0.2, 0.25) is 11.8 Å². The fraction of sp³-hybridized carbons (Fsp3) is 0.346. The van der Waals surface area contributed by atoms with Gasteiger partial charge in [0.05, 0.1) is 23.8 Å². The molecule has 2 aromatic carbocycles. The zero-order chi connectivity index (χ0) is 28.3. The number of hydrogen-bond acceptors (Lipinski definition) is 9. The first-order chi connectivity index (χ1) is 19.2. The van der Waals surface area contributed by atoms with Gasteiger partial charge in [0, 0.05) is 54.3 Å². The first kappa shape index (κ1) is 27.9. The third-order valence-electron chi connectivity index (χ3n) is 6.97. The Morgan fingerprint density at radius 1 is 1.12 bits per heavy atom. The SMILES string of the molecule is CS(=O)(=O)c1ccc(NC(=O)[C@@H]2C[C@H](N3CCOCC3)CN2C(=O)C=Cc2cc(Cl)ccc2-n2cnnn2)cc1. The first-order valence-corrected chi connectivity index (χ1v) is 14.9. The maximum Gasteiger partial charge on any atom is 0.247 e. The number of nitrogens with one attached hydrogen (secondary N) is 1. The zero-order valence-electron chi connectivity index (χ0n) is 21.7. The lowest BCUT2D eigenvalue weighted by Gasteiger charge is -2.31. The molecule has 2 aliphatic rings. The summed E-state index contributed by atoms with van der Waals surface area (Å²) < 4.78 is 30.5. The number of tetrazole rings is 1. The van der Waals surface area contributed by atoms with E-state index in [4.69, 9.17) is 16.3 Å². The molecule has 1 aromatic heterocycles. The molecule has 0 unspecified atom stereocenters. The summed E-state index contributed by atoms with van der Waals surface area (Å²) in [6.45, 7) is 3.03. The number of carbonyl (C=O) groups is 2. The van der Waals surface area contributed by atoms with E-state index in [0.29, 0.717) is 48.1 Å². The maximum atomic E-state index is 13.5. The highest BCUT2D eigenvalue weighted by molar-refractivity contribution is 7.90. The highest BCUT2D eigenvalue weighted by atomic mass is 35.5. The number of carbonyl (C=O) groups excluding carboxylic acids is 2. The molecule has 2 atom stereocenters. The average Bonchev–Trinajstić information content (AvgIpc) is 3.63. The summed E-state index contributed by atoms with van der Waals surface area (Å²) in [5, 5.41) is 14.6. The standard InChI is InChI=1S/C26H28ClN7O5S/c1-40(37,38)22-6-4-20(5-7-22)29-26(36)24-15-21(32-10-12-39-13-11-32)16-33(24)25(35)9-2-18-14-19(27)3-8-23(18)34-17-28-30-31-34/h2-9,14,17,21,24H,10-13,15-16H2,1H3,(H,29,36)/t21-,24-/m0/s1. The Hall–Kier alpha value is -3.65. The number of nitrogens with zero attached hydrogens (tertiary/aromatic N) is 6. The van der Waals surface area contributed by atoms with Crippen LogP contribution in [0, 0.1) is 0 Å². The molecule has 2 saturated heterocycles. The number of anilines is 1. The Bertz CT molecular complexity index is 1510. The van der Waals surface area contributed by atoms with Gasteiger partial charge in [-0.1, -0.05) is 11.6 Å². The number of rotatable bonds is 7. The summed E-state index contributed by atoms with van der Waals surface area (Å²) >= 11 is 6.21. The van der Waals surface area contributed by atoms with Gasteiger partial charge in [-0.15, -0.1) is 5.10 Å². The summed E-state index contributed by atoms with van der Waals surface area (Å²) in [6.07, 6.45) is 6.07. The molecule has 40 heavy (non-hydrogen) atoms. The molecule has 0 bridgehead atoms. The van der Waals surface area contributed by atoms with E-state index >= 15 is 0 Å². The minimum absolute atomic E-state index is 0.00689. The number of likely N-dealkylation sites (tertiary alicyclic amines) is 1. The fourth-order valence-electron chi connectivity index (χ4n) is 4.92. The van der Waals surface area contributed by atoms with Crippen molar-refractivity contribution in [2.75, 3.05) is 44.4 Å². The lowest BCUT2D eigenvalue weighted by molar-refractivity contribution is -0.132. The molecule has 0 spiro atoms. The lowest BCUT2D eigenvalue weighted by Crippen LogP contribution is -2.45. The van der Waals surface area contributed by atoms with Crippen LogP contribution in [0.4, 0.5) is 5.69 Å². The van der Waals surface area contributed by atoms with Crippen molar-refractivity contribution in [3.8, 4) is 5.69 Å². The number of halogens is 1. The Kier molecular flexibility index (Phi) is 8.26. The summed E-state index contributed by atoms with van der Waals surface area (Å²) in [5.41, 5.74) is 1.71. The quantitative estimate of drug-likeness (QED) is 0.410. The molecule has 12 nitrogen and oxygen atoms in total. The predicted octanol–water partition coefficient (Wildman–Crippen LogP) is 1.67. The highest BCUT2D eigenvalue weighted by Crippen LogP contribution is 2.26. The minimum atomic E-state index is -3.36. The molecule has 0 saturated carbocycles. The molecule has 3 aromatic rings. The van der Waals surface area contributed by atoms with Crippen molar-refractivity contribution in [2.24, 2.45) is 0 Å². The van der Waals surface area contributed by atoms with Crippen molar-refractivity contribution < 1.29 is 22.7 Å². The number of benzene rings is 2. The van der Waals surface area contributed by atoms with E-state index in [9.17, 15) is 18.0 Å². The van der Waals surface area contributed by atoms with Crippen LogP contribution in [0.15, 0.2) is 59.8 Å². The average molecular weight is 586 g/mol. The number of amides is 2. The number of sulfone groups is 1. The van der Waals surface area contributed by atoms with E-state index in [1.807, 2.05) is 0 Å². The molecule has 1 N–H and O–H groups in total. The van der Waals surface area contributed by atoms with E-state index in [2.05, 4.69) is 25.7 Å². The zero-order valence-corrected chi connectivity index (χ0v) is 23.3. The van der Waals surface area contributed by atoms with Crippen molar-refractivity contribution in [3.63, 3.8) is 0 Å². The monoisotopic (exact) mass is 585 g/mol. The minimum Gasteiger partial charge on any atom is -0.379 e. The van der Waals surface area contributed by atoms with Gasteiger partial charge in [-0.3, -0.25) is 14.5 Å². The lowest BCUT2D eigenvalue weighted by atomic mass is 10.1. The van der Waals surface area contributed by atoms with Crippen molar-refractivity contribution in [1.82, 2.24) is 30.0 Å². The number of hydrogen-bond donors (Lipinski definition) is 1. The van der Waals surface area contributed by atoms with Crippen LogP contribution < -0.4 is 5.32 Å². The normalized spacial score (nSPS) is 20.2. The van der Waals surface area contributed by atoms with Gasteiger partial charge in [0.1, 0.15) is 12.4 Å². The number of morpholine rings is 1. The van der Waals surface area contributed by atoms with E-state index in [0.717, 1.165) is 19.3 Å². The molecule has 5 rings (SSSR count). The van der Waals surface area contributed by atoms with E-state index < -0.39 is 15.9 Å². The van der Waals surface area contributed by atoms with Crippen LogP contribution in [0.5, 0.6) is 0 Å². The van der Waals surface area contributed by atoms with Crippen molar-refractivity contribution >= 4 is 45.0 Å². The van der Waals surface area contributed by atoms with Gasteiger partial charge < -0.3 is 15.0 Å². The third kappa shape index (κ3) is 6.39. The molecule has 2 fully saturated rings. The van der Waals surface area contributed by atoms with Gasteiger partial charge in [0.25, 0.3) is 0 Å². The second kappa shape index (κ2) is 11.8. The second-order valence-corrected chi connectivity index (χ2v) is 12.1. The van der Waals surface area contributed by atoms with E-state index in [1.165, 1.54) is 41.4 Å². The van der Waals surface area contributed by atoms with Crippen molar-refractivity contribution in [1.29, 1.82) is 0 Å². The summed E-state index contributed by atoms with van der Waals surface area (Å²) in [7, 11) is -3.36. The third-order valence-corrected chi connectivity index (χ3v) is 8.33. The van der Waals surface area contributed by atoms with Crippen LogP contribution in [-0.2, 0) is 24.2 Å². The van der Waals surface area contributed by atoms with Crippen LogP contribution in [0.1, 0.15) is 12.0 Å². The van der Waals surface area contributed by atoms with Crippen molar-refractivity contribution in [2.45, 2.75) is 23.4 Å². The van der Waals surface area contributed by atoms with Crippen LogP contribution in [0.25, 0.3) is 11.8 Å². The van der Waals surface area contributed by atoms with Gasteiger partial charge in [-0.25, -0.2) is 8.42 Å². The fourth-order valence-corrected chi connectivity index (χ4v) is 5.73.